The summed E-state index contributed by atoms with van der Waals surface area (Å²) >= 11 is 5.97. The number of H-pyrrole nitrogens is 1. The summed E-state index contributed by atoms with van der Waals surface area (Å²) in [5.74, 6) is 0. The molecule has 1 amide bonds. The van der Waals surface area contributed by atoms with Gasteiger partial charge in [-0.3, -0.25) is 5.32 Å². The standard InChI is InChI=1S/C23H20ClN5O2/c24-15-5-4-8-17(13-15)27-23(30)31-29-12-10-19-18(14-29)21-20(9-11-25-22(21)28-19)26-16-6-2-1-3-7-16/h1-9,11,13H,10,12,14H2,(H,27,30)(H2,25,26,28). The highest BCUT2D eigenvalue weighted by atomic mass is 35.5. The van der Waals surface area contributed by atoms with Crippen molar-refractivity contribution in [3.8, 4) is 0 Å². The van der Waals surface area contributed by atoms with Crippen LogP contribution in [0.2, 0.25) is 5.02 Å². The van der Waals surface area contributed by atoms with Crippen LogP contribution in [0.5, 0.6) is 0 Å². The molecule has 0 unspecified atom stereocenters. The Balaban J connectivity index is 1.36. The van der Waals surface area contributed by atoms with Crippen LogP contribution in [0.25, 0.3) is 11.0 Å². The van der Waals surface area contributed by atoms with E-state index in [2.05, 4.69) is 20.6 Å². The highest BCUT2D eigenvalue weighted by molar-refractivity contribution is 6.30. The number of amides is 1. The first-order valence-electron chi connectivity index (χ1n) is 9.96. The van der Waals surface area contributed by atoms with E-state index in [0.29, 0.717) is 23.8 Å². The molecule has 7 nitrogen and oxygen atoms in total. The lowest BCUT2D eigenvalue weighted by molar-refractivity contribution is -0.105. The van der Waals surface area contributed by atoms with Gasteiger partial charge in [-0.25, -0.2) is 9.78 Å². The monoisotopic (exact) mass is 433 g/mol. The van der Waals surface area contributed by atoms with Crippen LogP contribution in [0.15, 0.2) is 66.9 Å². The maximum Gasteiger partial charge on any atom is 0.430 e. The van der Waals surface area contributed by atoms with Crippen LogP contribution in [0.1, 0.15) is 11.3 Å². The van der Waals surface area contributed by atoms with Gasteiger partial charge in [0.05, 0.1) is 12.2 Å². The van der Waals surface area contributed by atoms with Gasteiger partial charge in [0.2, 0.25) is 0 Å². The van der Waals surface area contributed by atoms with E-state index >= 15 is 0 Å². The summed E-state index contributed by atoms with van der Waals surface area (Å²) < 4.78 is 0. The number of nitrogens with zero attached hydrogens (tertiary/aromatic N) is 2. The number of rotatable bonds is 4. The number of fused-ring (bicyclic) bond motifs is 3. The van der Waals surface area contributed by atoms with Gasteiger partial charge in [-0.2, -0.15) is 0 Å². The van der Waals surface area contributed by atoms with Crippen molar-refractivity contribution in [2.45, 2.75) is 13.0 Å². The number of aromatic amines is 1. The van der Waals surface area contributed by atoms with Gasteiger partial charge in [0.1, 0.15) is 5.65 Å². The summed E-state index contributed by atoms with van der Waals surface area (Å²) in [7, 11) is 0. The third kappa shape index (κ3) is 4.19. The van der Waals surface area contributed by atoms with Crippen molar-refractivity contribution in [1.82, 2.24) is 15.0 Å². The SMILES string of the molecule is O=C(Nc1cccc(Cl)c1)ON1CCc2[nH]c3nccc(Nc4ccccc4)c3c2C1. The molecule has 0 saturated heterocycles. The molecule has 2 aromatic carbocycles. The molecule has 1 aliphatic rings. The van der Waals surface area contributed by atoms with E-state index in [1.807, 2.05) is 36.4 Å². The molecule has 31 heavy (non-hydrogen) atoms. The van der Waals surface area contributed by atoms with E-state index < -0.39 is 6.09 Å². The van der Waals surface area contributed by atoms with Crippen LogP contribution in [0.3, 0.4) is 0 Å². The number of hydroxylamine groups is 2. The number of hydrogen-bond acceptors (Lipinski definition) is 5. The molecule has 1 aliphatic heterocycles. The third-order valence-corrected chi connectivity index (χ3v) is 5.40. The predicted octanol–water partition coefficient (Wildman–Crippen LogP) is 5.48. The number of pyridine rings is 1. The average Bonchev–Trinajstić information content (AvgIpc) is 3.13. The maximum atomic E-state index is 12.4. The minimum atomic E-state index is -0.550. The minimum absolute atomic E-state index is 0.466. The Labute approximate surface area is 184 Å². The molecule has 0 bridgehead atoms. The van der Waals surface area contributed by atoms with Crippen LogP contribution in [-0.2, 0) is 17.8 Å². The average molecular weight is 434 g/mol. The normalized spacial score (nSPS) is 13.6. The van der Waals surface area contributed by atoms with Crippen LogP contribution in [-0.4, -0.2) is 27.7 Å². The second kappa shape index (κ2) is 8.29. The van der Waals surface area contributed by atoms with E-state index in [4.69, 9.17) is 16.4 Å². The molecule has 156 valence electrons. The van der Waals surface area contributed by atoms with Gasteiger partial charge in [-0.1, -0.05) is 35.9 Å². The minimum Gasteiger partial charge on any atom is -0.355 e. The Morgan fingerprint density at radius 3 is 2.77 bits per heavy atom. The maximum absolute atomic E-state index is 12.4. The van der Waals surface area contributed by atoms with Crippen LogP contribution >= 0.6 is 11.6 Å². The zero-order chi connectivity index (χ0) is 21.2. The lowest BCUT2D eigenvalue weighted by Crippen LogP contribution is -2.34. The molecule has 3 N–H and O–H groups in total. The summed E-state index contributed by atoms with van der Waals surface area (Å²) in [6.07, 6.45) is 1.95. The number of para-hydroxylation sites is 1. The van der Waals surface area contributed by atoms with Crippen molar-refractivity contribution in [1.29, 1.82) is 0 Å². The topological polar surface area (TPSA) is 82.3 Å². The van der Waals surface area contributed by atoms with E-state index in [9.17, 15) is 4.79 Å². The fraction of sp³-hybridized carbons (Fsp3) is 0.130. The number of aromatic nitrogens is 2. The number of carbonyl (C=O) groups is 1. The second-order valence-electron chi connectivity index (χ2n) is 7.28. The zero-order valence-electron chi connectivity index (χ0n) is 16.6. The number of halogens is 1. The fourth-order valence-electron chi connectivity index (χ4n) is 3.79. The van der Waals surface area contributed by atoms with Crippen molar-refractivity contribution < 1.29 is 9.63 Å². The summed E-state index contributed by atoms with van der Waals surface area (Å²) in [6.45, 7) is 1.05. The fourth-order valence-corrected chi connectivity index (χ4v) is 3.98. The summed E-state index contributed by atoms with van der Waals surface area (Å²) in [5.41, 5.74) is 5.54. The smallest absolute Gasteiger partial charge is 0.355 e. The molecular weight excluding hydrogens is 414 g/mol. The lowest BCUT2D eigenvalue weighted by Gasteiger charge is -2.25. The van der Waals surface area contributed by atoms with Crippen molar-refractivity contribution in [3.63, 3.8) is 0 Å². The first-order chi connectivity index (χ1) is 15.2. The first kappa shape index (κ1) is 19.4. The Morgan fingerprint density at radius 1 is 1.10 bits per heavy atom. The molecule has 8 heteroatoms. The van der Waals surface area contributed by atoms with Gasteiger partial charge in [0.25, 0.3) is 0 Å². The number of anilines is 3. The van der Waals surface area contributed by atoms with Crippen molar-refractivity contribution in [2.24, 2.45) is 0 Å². The number of hydrogen-bond donors (Lipinski definition) is 3. The van der Waals surface area contributed by atoms with Gasteiger partial charge >= 0.3 is 6.09 Å². The van der Waals surface area contributed by atoms with Crippen LogP contribution in [0.4, 0.5) is 21.9 Å². The molecule has 0 fully saturated rings. The number of carbonyl (C=O) groups excluding carboxylic acids is 1. The summed E-state index contributed by atoms with van der Waals surface area (Å²) in [5, 5.41) is 9.39. The quantitative estimate of drug-likeness (QED) is 0.397. The Hall–Kier alpha value is -3.55. The number of nitrogens with one attached hydrogen (secondary N) is 3. The predicted molar refractivity (Wildman–Crippen MR) is 121 cm³/mol. The highest BCUT2D eigenvalue weighted by Gasteiger charge is 2.25. The van der Waals surface area contributed by atoms with E-state index in [1.165, 1.54) is 0 Å². The van der Waals surface area contributed by atoms with Gasteiger partial charge in [0, 0.05) is 52.2 Å². The second-order valence-corrected chi connectivity index (χ2v) is 7.72. The largest absolute Gasteiger partial charge is 0.430 e. The Kier molecular flexibility index (Phi) is 5.19. The van der Waals surface area contributed by atoms with Gasteiger partial charge < -0.3 is 15.1 Å². The van der Waals surface area contributed by atoms with Crippen molar-refractivity contribution in [3.05, 3.63) is 83.1 Å². The van der Waals surface area contributed by atoms with Gasteiger partial charge in [0.15, 0.2) is 0 Å². The molecule has 5 rings (SSSR count). The molecule has 3 heterocycles. The molecule has 2 aromatic heterocycles. The van der Waals surface area contributed by atoms with Crippen molar-refractivity contribution in [2.75, 3.05) is 17.2 Å². The zero-order valence-corrected chi connectivity index (χ0v) is 17.3. The summed E-state index contributed by atoms with van der Waals surface area (Å²) in [4.78, 5) is 25.8. The molecule has 0 radical (unpaired) electrons. The molecule has 0 aliphatic carbocycles. The van der Waals surface area contributed by atoms with Crippen molar-refractivity contribution >= 4 is 45.8 Å². The molecule has 0 spiro atoms. The van der Waals surface area contributed by atoms with Gasteiger partial charge in [-0.15, -0.1) is 5.06 Å². The van der Waals surface area contributed by atoms with Crippen LogP contribution in [0, 0.1) is 0 Å². The molecule has 0 atom stereocenters. The Morgan fingerprint density at radius 2 is 1.94 bits per heavy atom. The van der Waals surface area contributed by atoms with Crippen LogP contribution < -0.4 is 10.6 Å². The van der Waals surface area contributed by atoms with E-state index in [-0.39, 0.29) is 0 Å². The summed E-state index contributed by atoms with van der Waals surface area (Å²) in [6, 6.07) is 18.9. The molecule has 0 saturated carbocycles. The Bertz CT molecular complexity index is 1240. The molecule has 4 aromatic rings. The lowest BCUT2D eigenvalue weighted by atomic mass is 10.1. The highest BCUT2D eigenvalue weighted by Crippen LogP contribution is 2.33. The van der Waals surface area contributed by atoms with E-state index in [0.717, 1.165) is 40.1 Å². The number of benzene rings is 2. The van der Waals surface area contributed by atoms with E-state index in [1.54, 1.807) is 35.5 Å². The van der Waals surface area contributed by atoms with Gasteiger partial charge in [-0.05, 0) is 36.4 Å². The molecular formula is C23H20ClN5O2. The first-order valence-corrected chi connectivity index (χ1v) is 10.3. The third-order valence-electron chi connectivity index (χ3n) is 5.17.